The fourth-order valence-corrected chi connectivity index (χ4v) is 2.82. The van der Waals surface area contributed by atoms with E-state index in [1.54, 1.807) is 35.3 Å². The van der Waals surface area contributed by atoms with Crippen molar-refractivity contribution in [2.75, 3.05) is 0 Å². The first-order chi connectivity index (χ1) is 10.4. The molecule has 1 aliphatic rings. The fraction of sp³-hybridized carbons (Fsp3) is 0.333. The van der Waals surface area contributed by atoms with E-state index in [4.69, 9.17) is 34.8 Å². The first-order valence-corrected chi connectivity index (χ1v) is 7.93. The summed E-state index contributed by atoms with van der Waals surface area (Å²) in [6.07, 6.45) is 7.99. The van der Waals surface area contributed by atoms with Gasteiger partial charge < -0.3 is 5.11 Å². The van der Waals surface area contributed by atoms with Crippen molar-refractivity contribution in [3.8, 4) is 0 Å². The third kappa shape index (κ3) is 3.15. The molecule has 1 aliphatic carbocycles. The van der Waals surface area contributed by atoms with Crippen molar-refractivity contribution >= 4 is 40.9 Å². The molecule has 0 aliphatic heterocycles. The topological polar surface area (TPSA) is 50.9 Å². The van der Waals surface area contributed by atoms with Gasteiger partial charge in [0.05, 0.1) is 21.5 Å². The zero-order chi connectivity index (χ0) is 15.8. The van der Waals surface area contributed by atoms with Crippen LogP contribution in [0.4, 0.5) is 0 Å². The lowest BCUT2D eigenvalue weighted by Gasteiger charge is -2.29. The largest absolute Gasteiger partial charge is 0.382 e. The molecular weight excluding hydrogens is 345 g/mol. The molecular formula is C15H14Cl3N3O. The Bertz CT molecular complexity index is 698. The molecule has 3 rings (SSSR count). The van der Waals surface area contributed by atoms with Crippen molar-refractivity contribution < 1.29 is 5.11 Å². The van der Waals surface area contributed by atoms with Gasteiger partial charge in [-0.2, -0.15) is 5.10 Å². The van der Waals surface area contributed by atoms with Crippen molar-refractivity contribution in [1.82, 2.24) is 14.8 Å². The average Bonchev–Trinajstić information content (AvgIpc) is 3.05. The highest BCUT2D eigenvalue weighted by Gasteiger charge is 2.56. The number of benzene rings is 1. The smallest absolute Gasteiger partial charge is 0.137 e. The Balaban J connectivity index is 1.86. The van der Waals surface area contributed by atoms with Gasteiger partial charge in [0.1, 0.15) is 18.3 Å². The molecule has 2 aromatic rings. The minimum absolute atomic E-state index is 0.244. The minimum atomic E-state index is -1.21. The fourth-order valence-electron chi connectivity index (χ4n) is 2.30. The monoisotopic (exact) mass is 357 g/mol. The molecule has 1 unspecified atom stereocenters. The van der Waals surface area contributed by atoms with E-state index < -0.39 is 10.5 Å². The van der Waals surface area contributed by atoms with Crippen LogP contribution < -0.4 is 0 Å². The third-order valence-electron chi connectivity index (χ3n) is 3.83. The highest BCUT2D eigenvalue weighted by Crippen LogP contribution is 2.52. The molecule has 1 atom stereocenters. The van der Waals surface area contributed by atoms with Crippen LogP contribution in [-0.4, -0.2) is 30.3 Å². The van der Waals surface area contributed by atoms with Gasteiger partial charge in [0.25, 0.3) is 0 Å². The van der Waals surface area contributed by atoms with Crippen molar-refractivity contribution in [1.29, 1.82) is 0 Å². The predicted octanol–water partition coefficient (Wildman–Crippen LogP) is 3.80. The number of alkyl halides is 1. The minimum Gasteiger partial charge on any atom is -0.382 e. The van der Waals surface area contributed by atoms with Gasteiger partial charge in [0.15, 0.2) is 0 Å². The Kier molecular flexibility index (Phi) is 4.21. The molecule has 0 spiro atoms. The molecule has 22 heavy (non-hydrogen) atoms. The first kappa shape index (κ1) is 15.8. The molecule has 1 aromatic heterocycles. The summed E-state index contributed by atoms with van der Waals surface area (Å²) in [7, 11) is 0. The Labute approximate surface area is 143 Å². The number of hydrogen-bond acceptors (Lipinski definition) is 3. The molecule has 4 nitrogen and oxygen atoms in total. The number of aromatic nitrogens is 3. The van der Waals surface area contributed by atoms with Crippen LogP contribution in [-0.2, 0) is 6.54 Å². The lowest BCUT2D eigenvalue weighted by atomic mass is 9.95. The summed E-state index contributed by atoms with van der Waals surface area (Å²) in [6, 6.07) is 5.28. The second-order valence-electron chi connectivity index (χ2n) is 5.49. The van der Waals surface area contributed by atoms with E-state index in [2.05, 4.69) is 10.1 Å². The maximum atomic E-state index is 11.0. The summed E-state index contributed by atoms with van der Waals surface area (Å²) in [4.78, 5) is 3.23. The number of rotatable bonds is 5. The van der Waals surface area contributed by atoms with Crippen LogP contribution >= 0.6 is 34.8 Å². The van der Waals surface area contributed by atoms with Gasteiger partial charge >= 0.3 is 0 Å². The van der Waals surface area contributed by atoms with Crippen LogP contribution in [0.5, 0.6) is 0 Å². The van der Waals surface area contributed by atoms with E-state index in [1.165, 1.54) is 6.33 Å². The number of hydrogen-bond donors (Lipinski definition) is 1. The van der Waals surface area contributed by atoms with Gasteiger partial charge in [-0.15, -0.1) is 11.6 Å². The molecule has 1 fully saturated rings. The van der Waals surface area contributed by atoms with E-state index in [1.807, 2.05) is 6.07 Å². The van der Waals surface area contributed by atoms with E-state index in [-0.39, 0.29) is 6.54 Å². The maximum absolute atomic E-state index is 11.0. The molecule has 0 bridgehead atoms. The highest BCUT2D eigenvalue weighted by atomic mass is 35.5. The van der Waals surface area contributed by atoms with Crippen molar-refractivity contribution in [2.24, 2.45) is 0 Å². The molecule has 0 radical (unpaired) electrons. The van der Waals surface area contributed by atoms with Gasteiger partial charge in [0.2, 0.25) is 0 Å². The molecule has 1 saturated carbocycles. The zero-order valence-corrected chi connectivity index (χ0v) is 13.9. The second kappa shape index (κ2) is 5.85. The number of aliphatic hydroxyl groups is 1. The Morgan fingerprint density at radius 1 is 1.32 bits per heavy atom. The maximum Gasteiger partial charge on any atom is 0.137 e. The van der Waals surface area contributed by atoms with Gasteiger partial charge in [0, 0.05) is 0 Å². The van der Waals surface area contributed by atoms with Gasteiger partial charge in [-0.05, 0) is 36.6 Å². The number of nitrogens with zero attached hydrogens (tertiary/aromatic N) is 3. The van der Waals surface area contributed by atoms with Gasteiger partial charge in [-0.1, -0.05) is 35.3 Å². The molecule has 0 saturated heterocycles. The molecule has 7 heteroatoms. The summed E-state index contributed by atoms with van der Waals surface area (Å²) < 4.78 is 1.57. The third-order valence-corrected chi connectivity index (χ3v) is 5.27. The van der Waals surface area contributed by atoms with Crippen LogP contribution in [0.3, 0.4) is 0 Å². The zero-order valence-electron chi connectivity index (χ0n) is 11.6. The highest BCUT2D eigenvalue weighted by molar-refractivity contribution is 6.42. The van der Waals surface area contributed by atoms with E-state index >= 15 is 0 Å². The summed E-state index contributed by atoms with van der Waals surface area (Å²) in [5, 5.41) is 16.0. The van der Waals surface area contributed by atoms with Crippen LogP contribution in [0.15, 0.2) is 36.9 Å². The van der Waals surface area contributed by atoms with E-state index in [0.717, 1.165) is 18.4 Å². The standard InChI is InChI=1S/C15H14Cl3N3O/c16-12-2-1-11(7-13(12)17)3-4-15(22,14(18)5-6-14)8-21-10-19-9-20-21/h1-4,7,9-10,22H,5-6,8H2. The number of halogens is 3. The molecule has 1 aromatic carbocycles. The molecule has 116 valence electrons. The molecule has 1 N–H and O–H groups in total. The van der Waals surface area contributed by atoms with Crippen molar-refractivity contribution in [2.45, 2.75) is 29.9 Å². The van der Waals surface area contributed by atoms with Crippen molar-refractivity contribution in [3.63, 3.8) is 0 Å². The average molecular weight is 359 g/mol. The Morgan fingerprint density at radius 2 is 2.09 bits per heavy atom. The first-order valence-electron chi connectivity index (χ1n) is 6.80. The van der Waals surface area contributed by atoms with Crippen LogP contribution in [0.2, 0.25) is 10.0 Å². The lowest BCUT2D eigenvalue weighted by molar-refractivity contribution is 0.0564. The summed E-state index contributed by atoms with van der Waals surface area (Å²) in [5.74, 6) is 0. The van der Waals surface area contributed by atoms with Crippen molar-refractivity contribution in [3.05, 3.63) is 52.5 Å². The SMILES string of the molecule is OC(C=Cc1ccc(Cl)c(Cl)c1)(Cn1cncn1)C1(Cl)CC1. The van der Waals surface area contributed by atoms with Crippen LogP contribution in [0.25, 0.3) is 6.08 Å². The van der Waals surface area contributed by atoms with Gasteiger partial charge in [-0.25, -0.2) is 9.67 Å². The summed E-state index contributed by atoms with van der Waals surface area (Å²) in [5.41, 5.74) is -0.374. The molecule has 0 amide bonds. The summed E-state index contributed by atoms with van der Waals surface area (Å²) >= 11 is 18.4. The van der Waals surface area contributed by atoms with E-state index in [0.29, 0.717) is 10.0 Å². The van der Waals surface area contributed by atoms with Crippen LogP contribution in [0.1, 0.15) is 18.4 Å². The normalized spacial score (nSPS) is 19.3. The quantitative estimate of drug-likeness (QED) is 0.827. The van der Waals surface area contributed by atoms with Crippen LogP contribution in [0, 0.1) is 0 Å². The predicted molar refractivity (Wildman–Crippen MR) is 88.3 cm³/mol. The van der Waals surface area contributed by atoms with E-state index in [9.17, 15) is 5.11 Å². The Hall–Kier alpha value is -1.07. The molecule has 1 heterocycles. The second-order valence-corrected chi connectivity index (χ2v) is 7.03. The lowest BCUT2D eigenvalue weighted by Crippen LogP contribution is -2.43. The van der Waals surface area contributed by atoms with Gasteiger partial charge in [-0.3, -0.25) is 0 Å². The summed E-state index contributed by atoms with van der Waals surface area (Å²) in [6.45, 7) is 0.244. The Morgan fingerprint density at radius 3 is 2.68 bits per heavy atom.